The van der Waals surface area contributed by atoms with Crippen molar-refractivity contribution in [2.45, 2.75) is 46.0 Å². The molecule has 1 rings (SSSR count). The lowest BCUT2D eigenvalue weighted by Gasteiger charge is -2.22. The average Bonchev–Trinajstić information content (AvgIpc) is 2.50. The summed E-state index contributed by atoms with van der Waals surface area (Å²) in [5, 5.41) is 9.02. The zero-order valence-corrected chi connectivity index (χ0v) is 13.0. The van der Waals surface area contributed by atoms with E-state index in [0.29, 0.717) is 5.56 Å². The Morgan fingerprint density at radius 2 is 1.62 bits per heavy atom. The Bertz CT molecular complexity index is 471. The molecule has 1 aromatic rings. The first-order valence-electron chi connectivity index (χ1n) is 7.72. The van der Waals surface area contributed by atoms with Gasteiger partial charge < -0.3 is 10.0 Å². The quantitative estimate of drug-likeness (QED) is 0.704. The number of carbonyl (C=O) groups excluding carboxylic acids is 1. The molecule has 4 heteroatoms. The zero-order chi connectivity index (χ0) is 15.7. The van der Waals surface area contributed by atoms with Gasteiger partial charge in [0.05, 0.1) is 5.56 Å². The van der Waals surface area contributed by atoms with Crippen LogP contribution in [0.2, 0.25) is 0 Å². The molecule has 1 aromatic carbocycles. The van der Waals surface area contributed by atoms with Crippen LogP contribution in [0, 0.1) is 0 Å². The number of aromatic carboxylic acids is 1. The summed E-state index contributed by atoms with van der Waals surface area (Å²) in [6.45, 7) is 5.70. The number of unbranched alkanes of at least 4 members (excludes halogenated alkanes) is 3. The summed E-state index contributed by atoms with van der Waals surface area (Å²) in [7, 11) is 0. The summed E-state index contributed by atoms with van der Waals surface area (Å²) in [4.78, 5) is 25.4. The minimum Gasteiger partial charge on any atom is -0.478 e. The Morgan fingerprint density at radius 3 is 2.24 bits per heavy atom. The van der Waals surface area contributed by atoms with Gasteiger partial charge in [0.25, 0.3) is 5.91 Å². The fraction of sp³-hybridized carbons (Fsp3) is 0.529. The van der Waals surface area contributed by atoms with E-state index < -0.39 is 5.97 Å². The molecular formula is C17H25NO3. The minimum atomic E-state index is -1.00. The number of nitrogens with zero attached hydrogens (tertiary/aromatic N) is 1. The van der Waals surface area contributed by atoms with Crippen molar-refractivity contribution < 1.29 is 14.7 Å². The maximum absolute atomic E-state index is 12.6. The lowest BCUT2D eigenvalue weighted by Crippen LogP contribution is -2.33. The molecule has 0 aliphatic heterocycles. The zero-order valence-electron chi connectivity index (χ0n) is 13.0. The Morgan fingerprint density at radius 1 is 1.00 bits per heavy atom. The number of carbonyl (C=O) groups is 2. The van der Waals surface area contributed by atoms with Crippen molar-refractivity contribution in [2.24, 2.45) is 0 Å². The summed E-state index contributed by atoms with van der Waals surface area (Å²) in [6.07, 6.45) is 5.21. The van der Waals surface area contributed by atoms with Gasteiger partial charge in [-0.05, 0) is 31.0 Å². The smallest absolute Gasteiger partial charge is 0.335 e. The topological polar surface area (TPSA) is 57.6 Å². The van der Waals surface area contributed by atoms with E-state index in [0.717, 1.165) is 45.2 Å². The summed E-state index contributed by atoms with van der Waals surface area (Å²) >= 11 is 0. The molecule has 0 unspecified atom stereocenters. The number of carboxylic acids is 1. The molecule has 0 heterocycles. The van der Waals surface area contributed by atoms with Gasteiger partial charge in [-0.25, -0.2) is 4.79 Å². The second-order valence-electron chi connectivity index (χ2n) is 5.24. The van der Waals surface area contributed by atoms with E-state index in [-0.39, 0.29) is 11.5 Å². The predicted octanol–water partition coefficient (Wildman–Crippen LogP) is 3.82. The van der Waals surface area contributed by atoms with E-state index >= 15 is 0 Å². The standard InChI is InChI=1S/C17H25NO3/c1-3-5-7-12-18(11-6-4-2)16(19)14-9-8-10-15(13-14)17(20)21/h8-10,13H,3-7,11-12H2,1-2H3,(H,20,21). The highest BCUT2D eigenvalue weighted by molar-refractivity contribution is 5.97. The Labute approximate surface area is 126 Å². The van der Waals surface area contributed by atoms with Crippen molar-refractivity contribution in [3.63, 3.8) is 0 Å². The normalized spacial score (nSPS) is 10.4. The molecule has 0 bridgehead atoms. The number of amides is 1. The number of hydrogen-bond acceptors (Lipinski definition) is 2. The fourth-order valence-corrected chi connectivity index (χ4v) is 2.18. The predicted molar refractivity (Wildman–Crippen MR) is 83.7 cm³/mol. The highest BCUT2D eigenvalue weighted by atomic mass is 16.4. The van der Waals surface area contributed by atoms with Crippen LogP contribution in [0.1, 0.15) is 66.7 Å². The highest BCUT2D eigenvalue weighted by Crippen LogP contribution is 2.11. The van der Waals surface area contributed by atoms with E-state index in [4.69, 9.17) is 5.11 Å². The molecule has 4 nitrogen and oxygen atoms in total. The summed E-state index contributed by atoms with van der Waals surface area (Å²) in [5.74, 6) is -1.07. The fourth-order valence-electron chi connectivity index (χ4n) is 2.18. The summed E-state index contributed by atoms with van der Waals surface area (Å²) < 4.78 is 0. The molecule has 1 amide bonds. The van der Waals surface area contributed by atoms with Gasteiger partial charge in [-0.15, -0.1) is 0 Å². The van der Waals surface area contributed by atoms with Crippen LogP contribution in [0.4, 0.5) is 0 Å². The molecule has 0 atom stereocenters. The molecule has 0 spiro atoms. The largest absolute Gasteiger partial charge is 0.478 e. The first-order chi connectivity index (χ1) is 10.1. The Balaban J connectivity index is 2.82. The van der Waals surface area contributed by atoms with E-state index in [1.165, 1.54) is 12.1 Å². The SMILES string of the molecule is CCCCCN(CCCC)C(=O)c1cccc(C(=O)O)c1. The van der Waals surface area contributed by atoms with Gasteiger partial charge in [-0.3, -0.25) is 4.79 Å². The van der Waals surface area contributed by atoms with E-state index in [9.17, 15) is 9.59 Å². The molecule has 0 radical (unpaired) electrons. The van der Waals surface area contributed by atoms with Crippen LogP contribution in [0.15, 0.2) is 24.3 Å². The number of benzene rings is 1. The highest BCUT2D eigenvalue weighted by Gasteiger charge is 2.16. The number of rotatable bonds is 9. The second kappa shape index (κ2) is 9.16. The van der Waals surface area contributed by atoms with E-state index in [2.05, 4.69) is 13.8 Å². The van der Waals surface area contributed by atoms with Gasteiger partial charge in [0.1, 0.15) is 0 Å². The van der Waals surface area contributed by atoms with Gasteiger partial charge >= 0.3 is 5.97 Å². The van der Waals surface area contributed by atoms with Crippen LogP contribution in [0.5, 0.6) is 0 Å². The van der Waals surface area contributed by atoms with E-state index in [1.54, 1.807) is 12.1 Å². The third-order valence-corrected chi connectivity index (χ3v) is 3.46. The van der Waals surface area contributed by atoms with Gasteiger partial charge in [0.15, 0.2) is 0 Å². The molecule has 0 aliphatic rings. The summed E-state index contributed by atoms with van der Waals surface area (Å²) in [6, 6.07) is 6.28. The lowest BCUT2D eigenvalue weighted by molar-refractivity contribution is 0.0697. The van der Waals surface area contributed by atoms with Crippen LogP contribution >= 0.6 is 0 Å². The number of carboxylic acid groups (broad SMARTS) is 1. The monoisotopic (exact) mass is 291 g/mol. The molecule has 0 saturated carbocycles. The van der Waals surface area contributed by atoms with Crippen molar-refractivity contribution in [1.29, 1.82) is 0 Å². The van der Waals surface area contributed by atoms with Crippen molar-refractivity contribution >= 4 is 11.9 Å². The first-order valence-corrected chi connectivity index (χ1v) is 7.72. The second-order valence-corrected chi connectivity index (χ2v) is 5.24. The molecule has 0 saturated heterocycles. The molecule has 0 fully saturated rings. The van der Waals surface area contributed by atoms with Crippen molar-refractivity contribution in [3.8, 4) is 0 Å². The van der Waals surface area contributed by atoms with Gasteiger partial charge in [-0.2, -0.15) is 0 Å². The maximum Gasteiger partial charge on any atom is 0.335 e. The molecule has 0 aromatic heterocycles. The van der Waals surface area contributed by atoms with Gasteiger partial charge in [0.2, 0.25) is 0 Å². The molecule has 0 aliphatic carbocycles. The molecule has 21 heavy (non-hydrogen) atoms. The van der Waals surface area contributed by atoms with Crippen LogP contribution in [0.3, 0.4) is 0 Å². The van der Waals surface area contributed by atoms with Gasteiger partial charge in [0, 0.05) is 18.7 Å². The van der Waals surface area contributed by atoms with Crippen LogP contribution in [-0.4, -0.2) is 35.0 Å². The van der Waals surface area contributed by atoms with Gasteiger partial charge in [-0.1, -0.05) is 39.2 Å². The molecular weight excluding hydrogens is 266 g/mol. The van der Waals surface area contributed by atoms with Crippen LogP contribution < -0.4 is 0 Å². The van der Waals surface area contributed by atoms with E-state index in [1.807, 2.05) is 4.90 Å². The Hall–Kier alpha value is -1.84. The maximum atomic E-state index is 12.6. The first kappa shape index (κ1) is 17.2. The van der Waals surface area contributed by atoms with Crippen LogP contribution in [0.25, 0.3) is 0 Å². The Kier molecular flexibility index (Phi) is 7.51. The van der Waals surface area contributed by atoms with Crippen molar-refractivity contribution in [3.05, 3.63) is 35.4 Å². The third-order valence-electron chi connectivity index (χ3n) is 3.46. The van der Waals surface area contributed by atoms with Crippen molar-refractivity contribution in [1.82, 2.24) is 4.90 Å². The third kappa shape index (κ3) is 5.58. The lowest BCUT2D eigenvalue weighted by atomic mass is 10.1. The molecule has 1 N–H and O–H groups in total. The van der Waals surface area contributed by atoms with Crippen molar-refractivity contribution in [2.75, 3.05) is 13.1 Å². The minimum absolute atomic E-state index is 0.0670. The summed E-state index contributed by atoms with van der Waals surface area (Å²) in [5.41, 5.74) is 0.618. The molecule has 116 valence electrons. The number of hydrogen-bond donors (Lipinski definition) is 1. The van der Waals surface area contributed by atoms with Crippen LogP contribution in [-0.2, 0) is 0 Å². The average molecular weight is 291 g/mol.